The molecule has 8 heteroatoms. The van der Waals surface area contributed by atoms with Crippen LogP contribution in [0.1, 0.15) is 6.92 Å². The minimum atomic E-state index is -3.78. The van der Waals surface area contributed by atoms with Crippen molar-refractivity contribution in [2.75, 3.05) is 10.0 Å². The predicted molar refractivity (Wildman–Crippen MR) is 101 cm³/mol. The molecule has 0 saturated heterocycles. The average molecular weight is 420 g/mol. The highest BCUT2D eigenvalue weighted by Gasteiger charge is 2.16. The van der Waals surface area contributed by atoms with E-state index in [1.165, 1.54) is 31.2 Å². The number of halogens is 1. The van der Waals surface area contributed by atoms with E-state index in [1.54, 1.807) is 24.4 Å². The highest BCUT2D eigenvalue weighted by molar-refractivity contribution is 9.10. The van der Waals surface area contributed by atoms with E-state index in [1.807, 2.05) is 6.07 Å². The molecule has 1 heterocycles. The van der Waals surface area contributed by atoms with Crippen LogP contribution in [0.4, 0.5) is 11.4 Å². The largest absolute Gasteiger partial charge is 0.326 e. The number of aromatic nitrogens is 1. The Morgan fingerprint density at radius 3 is 2.48 bits per heavy atom. The summed E-state index contributed by atoms with van der Waals surface area (Å²) in [6, 6.07) is 13.0. The zero-order chi connectivity index (χ0) is 18.0. The van der Waals surface area contributed by atoms with Gasteiger partial charge in [0.1, 0.15) is 0 Å². The van der Waals surface area contributed by atoms with E-state index in [9.17, 15) is 13.2 Å². The molecule has 0 aliphatic rings. The third-order valence-electron chi connectivity index (χ3n) is 3.45. The molecule has 0 unspecified atom stereocenters. The number of rotatable bonds is 4. The van der Waals surface area contributed by atoms with Crippen LogP contribution in [0.3, 0.4) is 0 Å². The lowest BCUT2D eigenvalue weighted by atomic mass is 10.2. The number of hydrogen-bond donors (Lipinski definition) is 2. The van der Waals surface area contributed by atoms with Crippen molar-refractivity contribution in [3.8, 4) is 0 Å². The number of nitrogens with zero attached hydrogens (tertiary/aromatic N) is 1. The van der Waals surface area contributed by atoms with Crippen LogP contribution in [0.25, 0.3) is 10.9 Å². The van der Waals surface area contributed by atoms with Crippen LogP contribution < -0.4 is 10.0 Å². The van der Waals surface area contributed by atoms with Gasteiger partial charge >= 0.3 is 0 Å². The fourth-order valence-corrected chi connectivity index (χ4v) is 3.86. The van der Waals surface area contributed by atoms with Gasteiger partial charge in [0.15, 0.2) is 0 Å². The van der Waals surface area contributed by atoms with Gasteiger partial charge < -0.3 is 5.32 Å². The number of fused-ring (bicyclic) bond motifs is 1. The zero-order valence-electron chi connectivity index (χ0n) is 13.2. The van der Waals surface area contributed by atoms with Gasteiger partial charge in [-0.1, -0.05) is 22.0 Å². The lowest BCUT2D eigenvalue weighted by molar-refractivity contribution is -0.114. The number of carbonyl (C=O) groups excluding carboxylic acids is 1. The van der Waals surface area contributed by atoms with Crippen molar-refractivity contribution in [2.24, 2.45) is 0 Å². The molecule has 25 heavy (non-hydrogen) atoms. The van der Waals surface area contributed by atoms with Crippen LogP contribution >= 0.6 is 15.9 Å². The lowest BCUT2D eigenvalue weighted by Gasteiger charge is -2.11. The third-order valence-corrected chi connectivity index (χ3v) is 5.52. The number of carbonyl (C=O) groups is 1. The first kappa shape index (κ1) is 17.4. The topological polar surface area (TPSA) is 88.2 Å². The molecule has 0 aliphatic carbocycles. The van der Waals surface area contributed by atoms with Crippen molar-refractivity contribution >= 4 is 54.1 Å². The number of anilines is 2. The first-order chi connectivity index (χ1) is 11.9. The van der Waals surface area contributed by atoms with Crippen molar-refractivity contribution in [3.05, 3.63) is 59.2 Å². The Balaban J connectivity index is 1.94. The Kier molecular flexibility index (Phi) is 4.73. The van der Waals surface area contributed by atoms with Crippen LogP contribution in [0.2, 0.25) is 0 Å². The van der Waals surface area contributed by atoms with Crippen LogP contribution in [0.5, 0.6) is 0 Å². The maximum Gasteiger partial charge on any atom is 0.261 e. The summed E-state index contributed by atoms with van der Waals surface area (Å²) < 4.78 is 28.6. The van der Waals surface area contributed by atoms with Gasteiger partial charge in [0.05, 0.1) is 16.1 Å². The van der Waals surface area contributed by atoms with Gasteiger partial charge in [0, 0.05) is 28.7 Å². The summed E-state index contributed by atoms with van der Waals surface area (Å²) in [6.07, 6.45) is 1.61. The molecule has 3 rings (SSSR count). The Morgan fingerprint density at radius 1 is 1.08 bits per heavy atom. The molecule has 0 bridgehead atoms. The van der Waals surface area contributed by atoms with Gasteiger partial charge in [0.25, 0.3) is 10.0 Å². The predicted octanol–water partition coefficient (Wildman–Crippen LogP) is 3.76. The normalized spacial score (nSPS) is 11.3. The number of hydrogen-bond acceptors (Lipinski definition) is 4. The highest BCUT2D eigenvalue weighted by atomic mass is 79.9. The van der Waals surface area contributed by atoms with E-state index in [4.69, 9.17) is 0 Å². The lowest BCUT2D eigenvalue weighted by Crippen LogP contribution is -2.13. The standard InChI is InChI=1S/C17H14BrN3O3S/c1-11(22)20-12-4-6-13(7-5-12)25(23,24)21-16-9-8-15(18)14-3-2-10-19-17(14)16/h2-10,21H,1H3,(H,20,22). The summed E-state index contributed by atoms with van der Waals surface area (Å²) in [6.45, 7) is 1.39. The van der Waals surface area contributed by atoms with E-state index in [2.05, 4.69) is 31.0 Å². The van der Waals surface area contributed by atoms with Crippen LogP contribution in [-0.2, 0) is 14.8 Å². The van der Waals surface area contributed by atoms with Crippen molar-refractivity contribution in [2.45, 2.75) is 11.8 Å². The summed E-state index contributed by atoms with van der Waals surface area (Å²) in [5.74, 6) is -0.221. The third kappa shape index (κ3) is 3.80. The Labute approximate surface area is 153 Å². The highest BCUT2D eigenvalue weighted by Crippen LogP contribution is 2.29. The van der Waals surface area contributed by atoms with Gasteiger partial charge in [-0.15, -0.1) is 0 Å². The number of pyridine rings is 1. The molecule has 128 valence electrons. The van der Waals surface area contributed by atoms with E-state index in [-0.39, 0.29) is 10.8 Å². The molecule has 6 nitrogen and oxygen atoms in total. The molecule has 1 aromatic heterocycles. The summed E-state index contributed by atoms with van der Waals surface area (Å²) in [7, 11) is -3.78. The SMILES string of the molecule is CC(=O)Nc1ccc(S(=O)(=O)Nc2ccc(Br)c3cccnc23)cc1. The van der Waals surface area contributed by atoms with E-state index in [0.29, 0.717) is 16.9 Å². The van der Waals surface area contributed by atoms with Gasteiger partial charge in [-0.3, -0.25) is 14.5 Å². The molecular formula is C17H14BrN3O3S. The molecule has 0 spiro atoms. The molecule has 0 atom stereocenters. The number of amides is 1. The second-order valence-corrected chi connectivity index (χ2v) is 7.84. The fraction of sp³-hybridized carbons (Fsp3) is 0.0588. The van der Waals surface area contributed by atoms with Crippen LogP contribution in [0.15, 0.2) is 64.1 Å². The van der Waals surface area contributed by atoms with Crippen molar-refractivity contribution < 1.29 is 13.2 Å². The molecule has 0 aliphatic heterocycles. The van der Waals surface area contributed by atoms with Crippen molar-refractivity contribution in [1.29, 1.82) is 0 Å². The van der Waals surface area contributed by atoms with Crippen LogP contribution in [-0.4, -0.2) is 19.3 Å². The second-order valence-electron chi connectivity index (χ2n) is 5.31. The second kappa shape index (κ2) is 6.81. The Morgan fingerprint density at radius 2 is 1.80 bits per heavy atom. The maximum absolute atomic E-state index is 12.6. The Bertz CT molecular complexity index is 1050. The minimum Gasteiger partial charge on any atom is -0.326 e. The summed E-state index contributed by atoms with van der Waals surface area (Å²) in [5.41, 5.74) is 1.47. The van der Waals surface area contributed by atoms with Crippen molar-refractivity contribution in [3.63, 3.8) is 0 Å². The first-order valence-electron chi connectivity index (χ1n) is 7.30. The van der Waals surface area contributed by atoms with Gasteiger partial charge in [0.2, 0.25) is 5.91 Å². The number of sulfonamides is 1. The van der Waals surface area contributed by atoms with Crippen LogP contribution in [0, 0.1) is 0 Å². The minimum absolute atomic E-state index is 0.0913. The summed E-state index contributed by atoms with van der Waals surface area (Å²) in [5, 5.41) is 3.40. The molecule has 1 amide bonds. The molecule has 2 aromatic carbocycles. The molecule has 2 N–H and O–H groups in total. The molecular weight excluding hydrogens is 406 g/mol. The maximum atomic E-state index is 12.6. The Hall–Kier alpha value is -2.45. The monoisotopic (exact) mass is 419 g/mol. The molecule has 0 fully saturated rings. The van der Waals surface area contributed by atoms with E-state index in [0.717, 1.165) is 9.86 Å². The summed E-state index contributed by atoms with van der Waals surface area (Å²) in [4.78, 5) is 15.4. The quantitative estimate of drug-likeness (QED) is 0.673. The molecule has 3 aromatic rings. The van der Waals surface area contributed by atoms with Gasteiger partial charge in [-0.25, -0.2) is 8.42 Å². The fourth-order valence-electron chi connectivity index (χ4n) is 2.34. The summed E-state index contributed by atoms with van der Waals surface area (Å²) >= 11 is 3.43. The molecule has 0 radical (unpaired) electrons. The molecule has 0 saturated carbocycles. The zero-order valence-corrected chi connectivity index (χ0v) is 15.6. The van der Waals surface area contributed by atoms with Crippen molar-refractivity contribution in [1.82, 2.24) is 4.98 Å². The average Bonchev–Trinajstić information content (AvgIpc) is 2.57. The number of nitrogens with one attached hydrogen (secondary N) is 2. The van der Waals surface area contributed by atoms with Gasteiger partial charge in [-0.2, -0.15) is 0 Å². The first-order valence-corrected chi connectivity index (χ1v) is 9.58. The van der Waals surface area contributed by atoms with E-state index < -0.39 is 10.0 Å². The van der Waals surface area contributed by atoms with E-state index >= 15 is 0 Å². The number of benzene rings is 2. The van der Waals surface area contributed by atoms with Gasteiger partial charge in [-0.05, 0) is 42.5 Å². The smallest absolute Gasteiger partial charge is 0.261 e.